The second kappa shape index (κ2) is 6.11. The van der Waals surface area contributed by atoms with Crippen LogP contribution < -0.4 is 0 Å². The van der Waals surface area contributed by atoms with Crippen molar-refractivity contribution in [1.29, 1.82) is 0 Å². The number of hydrogen-bond donors (Lipinski definition) is 0. The van der Waals surface area contributed by atoms with Gasteiger partial charge in [0.25, 0.3) is 0 Å². The number of nitrogens with zero attached hydrogens (tertiary/aromatic N) is 1. The molecule has 0 bridgehead atoms. The van der Waals surface area contributed by atoms with Crippen LogP contribution in [0.3, 0.4) is 0 Å². The van der Waals surface area contributed by atoms with Crippen molar-refractivity contribution in [2.24, 2.45) is 0 Å². The normalized spacial score (nSPS) is 13.1. The van der Waals surface area contributed by atoms with Crippen LogP contribution in [0.15, 0.2) is 18.2 Å². The monoisotopic (exact) mass is 323 g/mol. The maximum absolute atomic E-state index is 12.1. The van der Waals surface area contributed by atoms with Gasteiger partial charge in [-0.2, -0.15) is 0 Å². The predicted octanol–water partition coefficient (Wildman–Crippen LogP) is 2.38. The summed E-state index contributed by atoms with van der Waals surface area (Å²) in [5.74, 6) is -0.742. The molecule has 106 valence electrons. The minimum atomic E-state index is -3.61. The Bertz CT molecular complexity index is 585. The van der Waals surface area contributed by atoms with Crippen molar-refractivity contribution < 1.29 is 13.2 Å². The summed E-state index contributed by atoms with van der Waals surface area (Å²) in [4.78, 5) is 13.0. The van der Waals surface area contributed by atoms with E-state index in [9.17, 15) is 13.2 Å². The zero-order chi connectivity index (χ0) is 14.8. The predicted molar refractivity (Wildman–Crippen MR) is 77.2 cm³/mol. The lowest BCUT2D eigenvalue weighted by Crippen LogP contribution is -2.37. The van der Waals surface area contributed by atoms with E-state index in [1.165, 1.54) is 32.0 Å². The molecule has 1 amide bonds. The molecule has 0 radical (unpaired) electrons. The molecule has 0 aliphatic heterocycles. The number of hydrogen-bond acceptors (Lipinski definition) is 3. The highest BCUT2D eigenvalue weighted by Gasteiger charge is 2.29. The number of benzene rings is 1. The highest BCUT2D eigenvalue weighted by Crippen LogP contribution is 2.24. The summed E-state index contributed by atoms with van der Waals surface area (Å²) >= 11 is 11.7. The molecule has 0 aliphatic rings. The van der Waals surface area contributed by atoms with E-state index >= 15 is 0 Å². The summed E-state index contributed by atoms with van der Waals surface area (Å²) in [5.41, 5.74) is 0.435. The number of carbonyl (C=O) groups excluding carboxylic acids is 1. The van der Waals surface area contributed by atoms with Gasteiger partial charge in [-0.25, -0.2) is 8.42 Å². The highest BCUT2D eigenvalue weighted by molar-refractivity contribution is 7.92. The van der Waals surface area contributed by atoms with Gasteiger partial charge >= 0.3 is 0 Å². The van der Waals surface area contributed by atoms with Gasteiger partial charge in [0.1, 0.15) is 5.25 Å². The molecule has 0 spiro atoms. The number of halogens is 2. The Morgan fingerprint density at radius 3 is 2.37 bits per heavy atom. The Kier molecular flexibility index (Phi) is 5.24. The summed E-state index contributed by atoms with van der Waals surface area (Å²) in [6.45, 7) is 1.38. The van der Waals surface area contributed by atoms with Crippen LogP contribution in [0.1, 0.15) is 12.5 Å². The third kappa shape index (κ3) is 4.09. The van der Waals surface area contributed by atoms with Crippen LogP contribution >= 0.6 is 23.2 Å². The Balaban J connectivity index is 3.00. The van der Waals surface area contributed by atoms with Crippen molar-refractivity contribution in [3.05, 3.63) is 33.8 Å². The van der Waals surface area contributed by atoms with Gasteiger partial charge in [0.15, 0.2) is 9.84 Å². The van der Waals surface area contributed by atoms with Crippen molar-refractivity contribution in [3.63, 3.8) is 0 Å². The molecule has 0 heterocycles. The SMILES string of the molecule is CC(C(=O)N(C)C)S(=O)(=O)Cc1ccc(Cl)cc1Cl. The second-order valence-corrected chi connectivity index (χ2v) is 7.58. The largest absolute Gasteiger partial charge is 0.348 e. The maximum atomic E-state index is 12.1. The third-order valence-electron chi connectivity index (χ3n) is 2.70. The van der Waals surface area contributed by atoms with Gasteiger partial charge in [-0.3, -0.25) is 4.79 Å². The number of sulfone groups is 1. The molecule has 0 saturated carbocycles. The van der Waals surface area contributed by atoms with Crippen molar-refractivity contribution in [3.8, 4) is 0 Å². The van der Waals surface area contributed by atoms with E-state index in [-0.39, 0.29) is 10.8 Å². The average Bonchev–Trinajstić information content (AvgIpc) is 2.30. The summed E-state index contributed by atoms with van der Waals surface area (Å²) in [6, 6.07) is 4.60. The lowest BCUT2D eigenvalue weighted by Gasteiger charge is -2.17. The summed E-state index contributed by atoms with van der Waals surface area (Å²) in [6.07, 6.45) is 0. The molecule has 1 rings (SSSR count). The second-order valence-electron chi connectivity index (χ2n) is 4.42. The molecule has 4 nitrogen and oxygen atoms in total. The third-order valence-corrected chi connectivity index (χ3v) is 5.28. The van der Waals surface area contributed by atoms with Gasteiger partial charge < -0.3 is 4.90 Å². The lowest BCUT2D eigenvalue weighted by atomic mass is 10.2. The van der Waals surface area contributed by atoms with E-state index in [0.717, 1.165) is 0 Å². The van der Waals surface area contributed by atoms with E-state index in [1.807, 2.05) is 0 Å². The molecule has 0 aliphatic carbocycles. The van der Waals surface area contributed by atoms with E-state index in [0.29, 0.717) is 10.6 Å². The van der Waals surface area contributed by atoms with Gasteiger partial charge in [0.05, 0.1) is 5.75 Å². The quantitative estimate of drug-likeness (QED) is 0.854. The van der Waals surface area contributed by atoms with Crippen molar-refractivity contribution in [2.75, 3.05) is 14.1 Å². The highest BCUT2D eigenvalue weighted by atomic mass is 35.5. The molecule has 7 heteroatoms. The van der Waals surface area contributed by atoms with Crippen molar-refractivity contribution in [1.82, 2.24) is 4.90 Å². The molecule has 0 saturated heterocycles. The Hall–Kier alpha value is -0.780. The number of rotatable bonds is 4. The minimum absolute atomic E-state index is 0.278. The minimum Gasteiger partial charge on any atom is -0.348 e. The first kappa shape index (κ1) is 16.3. The van der Waals surface area contributed by atoms with E-state index in [4.69, 9.17) is 23.2 Å². The standard InChI is InChI=1S/C12H15Cl2NO3S/c1-8(12(16)15(2)3)19(17,18)7-9-4-5-10(13)6-11(9)14/h4-6,8H,7H2,1-3H3. The summed E-state index contributed by atoms with van der Waals surface area (Å²) in [5, 5.41) is -0.390. The molecule has 1 aromatic carbocycles. The van der Waals surface area contributed by atoms with Gasteiger partial charge in [-0.05, 0) is 24.6 Å². The van der Waals surface area contributed by atoms with Gasteiger partial charge in [-0.15, -0.1) is 0 Å². The molecule has 19 heavy (non-hydrogen) atoms. The smallest absolute Gasteiger partial charge is 0.240 e. The number of amides is 1. The van der Waals surface area contributed by atoms with Gasteiger partial charge in [-0.1, -0.05) is 29.3 Å². The van der Waals surface area contributed by atoms with Crippen molar-refractivity contribution in [2.45, 2.75) is 17.9 Å². The maximum Gasteiger partial charge on any atom is 0.240 e. The van der Waals surface area contributed by atoms with Crippen LogP contribution in [-0.2, 0) is 20.4 Å². The molecule has 1 atom stereocenters. The van der Waals surface area contributed by atoms with E-state index in [2.05, 4.69) is 0 Å². The average molecular weight is 324 g/mol. The molecule has 1 aromatic rings. The van der Waals surface area contributed by atoms with E-state index in [1.54, 1.807) is 12.1 Å². The van der Waals surface area contributed by atoms with Crippen LogP contribution in [0, 0.1) is 0 Å². The summed E-state index contributed by atoms with van der Waals surface area (Å²) in [7, 11) is -0.577. The first-order valence-electron chi connectivity index (χ1n) is 5.52. The van der Waals surface area contributed by atoms with E-state index < -0.39 is 21.0 Å². The van der Waals surface area contributed by atoms with Crippen molar-refractivity contribution >= 4 is 38.9 Å². The topological polar surface area (TPSA) is 54.5 Å². The molecule has 1 unspecified atom stereocenters. The first-order chi connectivity index (χ1) is 8.65. The summed E-state index contributed by atoms with van der Waals surface area (Å²) < 4.78 is 24.3. The van der Waals surface area contributed by atoms with Crippen LogP contribution in [0.2, 0.25) is 10.0 Å². The Morgan fingerprint density at radius 1 is 1.32 bits per heavy atom. The fourth-order valence-electron chi connectivity index (χ4n) is 1.50. The van der Waals surface area contributed by atoms with Crippen LogP contribution in [0.4, 0.5) is 0 Å². The number of carbonyl (C=O) groups is 1. The zero-order valence-corrected chi connectivity index (χ0v) is 13.2. The first-order valence-corrected chi connectivity index (χ1v) is 7.99. The Morgan fingerprint density at radius 2 is 1.89 bits per heavy atom. The Labute approximate surface area is 123 Å². The molecule has 0 aromatic heterocycles. The van der Waals surface area contributed by atoms with Crippen LogP contribution in [-0.4, -0.2) is 38.6 Å². The lowest BCUT2D eigenvalue weighted by molar-refractivity contribution is -0.127. The molecule has 0 N–H and O–H groups in total. The van der Waals surface area contributed by atoms with Crippen LogP contribution in [0.25, 0.3) is 0 Å². The molecule has 0 fully saturated rings. The fraction of sp³-hybridized carbons (Fsp3) is 0.417. The van der Waals surface area contributed by atoms with Gasteiger partial charge in [0, 0.05) is 24.1 Å². The zero-order valence-electron chi connectivity index (χ0n) is 10.9. The molecular weight excluding hydrogens is 309 g/mol. The molecular formula is C12H15Cl2NO3S. The fourth-order valence-corrected chi connectivity index (χ4v) is 3.51. The van der Waals surface area contributed by atoms with Gasteiger partial charge in [0.2, 0.25) is 5.91 Å². The van der Waals surface area contributed by atoms with Crippen LogP contribution in [0.5, 0.6) is 0 Å².